The zero-order chi connectivity index (χ0) is 13.2. The number of halogens is 4. The molecule has 8 heteroatoms. The largest absolute Gasteiger partial charge is 0.573 e. The highest BCUT2D eigenvalue weighted by atomic mass is 19.4. The van der Waals surface area contributed by atoms with E-state index in [1.54, 1.807) is 0 Å². The van der Waals surface area contributed by atoms with Gasteiger partial charge in [0.25, 0.3) is 0 Å². The molecule has 0 aliphatic heterocycles. The van der Waals surface area contributed by atoms with Gasteiger partial charge in [-0.1, -0.05) is 6.07 Å². The number of carboxylic acids is 1. The minimum atomic E-state index is -5.11. The molecule has 1 rings (SSSR count). The van der Waals surface area contributed by atoms with Crippen molar-refractivity contribution in [1.29, 1.82) is 0 Å². The van der Waals surface area contributed by atoms with E-state index in [2.05, 4.69) is 4.74 Å². The molecule has 17 heavy (non-hydrogen) atoms. The summed E-state index contributed by atoms with van der Waals surface area (Å²) < 4.78 is 52.4. The second-order valence-corrected chi connectivity index (χ2v) is 2.94. The number of aliphatic carboxylic acids is 1. The van der Waals surface area contributed by atoms with Gasteiger partial charge in [-0.05, 0) is 12.1 Å². The molecule has 1 atom stereocenters. The third kappa shape index (κ3) is 3.31. The van der Waals surface area contributed by atoms with Gasteiger partial charge in [-0.3, -0.25) is 0 Å². The van der Waals surface area contributed by atoms with Crippen LogP contribution in [0.4, 0.5) is 17.6 Å². The molecule has 0 radical (unpaired) electrons. The van der Waals surface area contributed by atoms with Gasteiger partial charge in [-0.15, -0.1) is 13.2 Å². The van der Waals surface area contributed by atoms with E-state index in [9.17, 15) is 22.4 Å². The topological polar surface area (TPSA) is 66.8 Å². The number of carbonyl (C=O) groups is 1. The molecule has 0 amide bonds. The minimum absolute atomic E-state index is 0.706. The Balaban J connectivity index is 3.22. The smallest absolute Gasteiger partial charge is 0.479 e. The summed E-state index contributed by atoms with van der Waals surface area (Å²) >= 11 is 0. The number of hydrogen-bond acceptors (Lipinski definition) is 3. The van der Waals surface area contributed by atoms with Crippen LogP contribution in [0.5, 0.6) is 5.75 Å². The number of hydrogen-bond donors (Lipinski definition) is 2. The minimum Gasteiger partial charge on any atom is -0.479 e. The predicted molar refractivity (Wildman–Crippen MR) is 45.7 cm³/mol. The van der Waals surface area contributed by atoms with Crippen molar-refractivity contribution in [3.8, 4) is 5.75 Å². The van der Waals surface area contributed by atoms with Crippen molar-refractivity contribution in [2.45, 2.75) is 12.5 Å². The monoisotopic (exact) mass is 254 g/mol. The molecular formula is C9H6F4O4. The van der Waals surface area contributed by atoms with Gasteiger partial charge in [0, 0.05) is 0 Å². The molecule has 4 nitrogen and oxygen atoms in total. The molecule has 0 aliphatic carbocycles. The highest BCUT2D eigenvalue weighted by molar-refractivity contribution is 5.75. The van der Waals surface area contributed by atoms with Gasteiger partial charge in [-0.25, -0.2) is 9.18 Å². The van der Waals surface area contributed by atoms with Crippen molar-refractivity contribution in [3.63, 3.8) is 0 Å². The molecule has 94 valence electrons. The van der Waals surface area contributed by atoms with Gasteiger partial charge in [0.1, 0.15) is 11.6 Å². The Labute approximate surface area is 92.1 Å². The summed E-state index contributed by atoms with van der Waals surface area (Å²) in [6.07, 6.45) is -7.55. The SMILES string of the molecule is O=C(O)C(O)c1c(F)cccc1OC(F)(F)F. The first-order chi connectivity index (χ1) is 7.72. The Morgan fingerprint density at radius 1 is 1.35 bits per heavy atom. The lowest BCUT2D eigenvalue weighted by molar-refractivity contribution is -0.275. The quantitative estimate of drug-likeness (QED) is 0.808. The Kier molecular flexibility index (Phi) is 3.56. The second-order valence-electron chi connectivity index (χ2n) is 2.94. The molecule has 0 heterocycles. The van der Waals surface area contributed by atoms with Crippen LogP contribution in [0.3, 0.4) is 0 Å². The maximum absolute atomic E-state index is 13.2. The van der Waals surface area contributed by atoms with Crippen molar-refractivity contribution in [1.82, 2.24) is 0 Å². The maximum Gasteiger partial charge on any atom is 0.573 e. The molecule has 1 unspecified atom stereocenters. The molecule has 0 aromatic heterocycles. The molecule has 1 aromatic carbocycles. The first-order valence-corrected chi connectivity index (χ1v) is 4.17. The highest BCUT2D eigenvalue weighted by Gasteiger charge is 2.34. The third-order valence-corrected chi connectivity index (χ3v) is 1.75. The number of carboxylic acid groups (broad SMARTS) is 1. The summed E-state index contributed by atoms with van der Waals surface area (Å²) in [7, 11) is 0. The number of alkyl halides is 3. The van der Waals surface area contributed by atoms with E-state index < -0.39 is 35.6 Å². The lowest BCUT2D eigenvalue weighted by atomic mass is 10.1. The Hall–Kier alpha value is -1.83. The number of benzene rings is 1. The molecule has 0 saturated carbocycles. The van der Waals surface area contributed by atoms with Gasteiger partial charge in [0.2, 0.25) is 0 Å². The molecular weight excluding hydrogens is 248 g/mol. The zero-order valence-corrected chi connectivity index (χ0v) is 8.03. The first kappa shape index (κ1) is 13.2. The van der Waals surface area contributed by atoms with Crippen LogP contribution in [0.1, 0.15) is 11.7 Å². The van der Waals surface area contributed by atoms with Crippen LogP contribution in [-0.2, 0) is 4.79 Å². The zero-order valence-electron chi connectivity index (χ0n) is 8.03. The number of rotatable bonds is 3. The number of aliphatic hydroxyl groups excluding tert-OH is 1. The highest BCUT2D eigenvalue weighted by Crippen LogP contribution is 2.32. The Morgan fingerprint density at radius 2 is 1.94 bits per heavy atom. The van der Waals surface area contributed by atoms with Crippen molar-refractivity contribution in [3.05, 3.63) is 29.6 Å². The molecule has 1 aromatic rings. The van der Waals surface area contributed by atoms with Crippen molar-refractivity contribution in [2.24, 2.45) is 0 Å². The summed E-state index contributed by atoms with van der Waals surface area (Å²) in [6, 6.07) is 2.32. The van der Waals surface area contributed by atoms with E-state index in [4.69, 9.17) is 10.2 Å². The average Bonchev–Trinajstić information content (AvgIpc) is 2.14. The van der Waals surface area contributed by atoms with E-state index in [0.29, 0.717) is 12.1 Å². The molecule has 0 spiro atoms. The van der Waals surface area contributed by atoms with Gasteiger partial charge in [-0.2, -0.15) is 0 Å². The summed E-state index contributed by atoms with van der Waals surface area (Å²) in [5.74, 6) is -4.28. The third-order valence-electron chi connectivity index (χ3n) is 1.75. The van der Waals surface area contributed by atoms with Crippen LogP contribution in [0.2, 0.25) is 0 Å². The fourth-order valence-corrected chi connectivity index (χ4v) is 1.12. The van der Waals surface area contributed by atoms with Crippen LogP contribution in [-0.4, -0.2) is 22.5 Å². The summed E-state index contributed by atoms with van der Waals surface area (Å²) in [6.45, 7) is 0. The van der Waals surface area contributed by atoms with Crippen LogP contribution in [0, 0.1) is 5.82 Å². The van der Waals surface area contributed by atoms with Gasteiger partial charge in [0.05, 0.1) is 5.56 Å². The first-order valence-electron chi connectivity index (χ1n) is 4.17. The standard InChI is InChI=1S/C9H6F4O4/c10-4-2-1-3-5(17-9(11,12)13)6(4)7(14)8(15)16/h1-3,7,14H,(H,15,16). The fourth-order valence-electron chi connectivity index (χ4n) is 1.12. The van der Waals surface area contributed by atoms with E-state index >= 15 is 0 Å². The van der Waals surface area contributed by atoms with Crippen LogP contribution in [0.15, 0.2) is 18.2 Å². The summed E-state index contributed by atoms with van der Waals surface area (Å²) in [5, 5.41) is 17.5. The van der Waals surface area contributed by atoms with Crippen molar-refractivity contribution in [2.75, 3.05) is 0 Å². The van der Waals surface area contributed by atoms with Crippen LogP contribution in [0.25, 0.3) is 0 Å². The van der Waals surface area contributed by atoms with Crippen LogP contribution < -0.4 is 4.74 Å². The number of ether oxygens (including phenoxy) is 1. The summed E-state index contributed by atoms with van der Waals surface area (Å²) in [5.41, 5.74) is -1.07. The molecule has 0 aliphatic rings. The van der Waals surface area contributed by atoms with E-state index in [1.165, 1.54) is 0 Å². The number of aliphatic hydroxyl groups is 1. The van der Waals surface area contributed by atoms with Gasteiger partial charge >= 0.3 is 12.3 Å². The second kappa shape index (κ2) is 4.58. The fraction of sp³-hybridized carbons (Fsp3) is 0.222. The van der Waals surface area contributed by atoms with E-state index in [0.717, 1.165) is 6.07 Å². The Bertz CT molecular complexity index is 429. The van der Waals surface area contributed by atoms with Crippen LogP contribution >= 0.6 is 0 Å². The maximum atomic E-state index is 13.2. The molecule has 0 saturated heterocycles. The average molecular weight is 254 g/mol. The van der Waals surface area contributed by atoms with Gasteiger partial charge in [0.15, 0.2) is 6.10 Å². The molecule has 0 fully saturated rings. The van der Waals surface area contributed by atoms with Crippen molar-refractivity contribution >= 4 is 5.97 Å². The summed E-state index contributed by atoms with van der Waals surface area (Å²) in [4.78, 5) is 10.4. The molecule has 0 bridgehead atoms. The van der Waals surface area contributed by atoms with Crippen molar-refractivity contribution < 1.29 is 37.3 Å². The van der Waals surface area contributed by atoms with E-state index in [1.807, 2.05) is 0 Å². The van der Waals surface area contributed by atoms with Gasteiger partial charge < -0.3 is 14.9 Å². The lowest BCUT2D eigenvalue weighted by Crippen LogP contribution is -2.21. The Morgan fingerprint density at radius 3 is 2.41 bits per heavy atom. The predicted octanol–water partition coefficient (Wildman–Crippen LogP) is 1.84. The van der Waals surface area contributed by atoms with E-state index in [-0.39, 0.29) is 0 Å². The normalized spacial score (nSPS) is 13.2. The lowest BCUT2D eigenvalue weighted by Gasteiger charge is -2.15. The molecule has 2 N–H and O–H groups in total.